The Balaban J connectivity index is 1.80. The van der Waals surface area contributed by atoms with E-state index in [1.54, 1.807) is 25.1 Å². The standard InChI is InChI=1S/C18H13ClN4O2S/c1-10-14(11(2)24)7-12(8-20)18(21-10)26-9-16-22-23-17(25-16)13-5-3-4-6-15(13)19/h3-7H,9H2,1-2H3. The Bertz CT molecular complexity index is 1030. The average Bonchev–Trinajstić information content (AvgIpc) is 3.08. The van der Waals surface area contributed by atoms with Crippen LogP contribution in [0.4, 0.5) is 0 Å². The van der Waals surface area contributed by atoms with Crippen LogP contribution >= 0.6 is 23.4 Å². The number of hydrogen-bond acceptors (Lipinski definition) is 7. The van der Waals surface area contributed by atoms with Crippen molar-refractivity contribution < 1.29 is 9.21 Å². The molecule has 26 heavy (non-hydrogen) atoms. The van der Waals surface area contributed by atoms with Crippen molar-refractivity contribution in [3.63, 3.8) is 0 Å². The van der Waals surface area contributed by atoms with E-state index in [-0.39, 0.29) is 5.78 Å². The Kier molecular flexibility index (Phi) is 5.35. The van der Waals surface area contributed by atoms with Crippen LogP contribution in [0.25, 0.3) is 11.5 Å². The predicted molar refractivity (Wildman–Crippen MR) is 98.0 cm³/mol. The lowest BCUT2D eigenvalue weighted by Crippen LogP contribution is -2.02. The van der Waals surface area contributed by atoms with E-state index < -0.39 is 0 Å². The van der Waals surface area contributed by atoms with E-state index in [0.29, 0.717) is 50.0 Å². The van der Waals surface area contributed by atoms with Crippen LogP contribution < -0.4 is 0 Å². The molecule has 0 radical (unpaired) electrons. The summed E-state index contributed by atoms with van der Waals surface area (Å²) in [5.74, 6) is 0.953. The smallest absolute Gasteiger partial charge is 0.249 e. The number of ketones is 1. The summed E-state index contributed by atoms with van der Waals surface area (Å²) in [4.78, 5) is 16.0. The highest BCUT2D eigenvalue weighted by atomic mass is 35.5. The molecule has 0 spiro atoms. The Hall–Kier alpha value is -2.69. The maximum atomic E-state index is 11.6. The maximum Gasteiger partial charge on any atom is 0.249 e. The first kappa shape index (κ1) is 18.1. The summed E-state index contributed by atoms with van der Waals surface area (Å²) in [7, 11) is 0. The van der Waals surface area contributed by atoms with E-state index in [2.05, 4.69) is 21.3 Å². The van der Waals surface area contributed by atoms with E-state index >= 15 is 0 Å². The molecule has 0 unspecified atom stereocenters. The molecule has 0 atom stereocenters. The Morgan fingerprint density at radius 3 is 2.81 bits per heavy atom. The van der Waals surface area contributed by atoms with Crippen LogP contribution in [0.15, 0.2) is 39.8 Å². The molecular formula is C18H13ClN4O2S. The maximum absolute atomic E-state index is 11.6. The van der Waals surface area contributed by atoms with Gasteiger partial charge in [0.15, 0.2) is 5.78 Å². The van der Waals surface area contributed by atoms with E-state index in [1.165, 1.54) is 18.7 Å². The number of nitrogens with zero attached hydrogens (tertiary/aromatic N) is 4. The topological polar surface area (TPSA) is 92.7 Å². The van der Waals surface area contributed by atoms with Crippen molar-refractivity contribution in [1.82, 2.24) is 15.2 Å². The van der Waals surface area contributed by atoms with E-state index in [4.69, 9.17) is 16.0 Å². The van der Waals surface area contributed by atoms with Crippen molar-refractivity contribution in [1.29, 1.82) is 5.26 Å². The number of aromatic nitrogens is 3. The quantitative estimate of drug-likeness (QED) is 0.473. The largest absolute Gasteiger partial charge is 0.420 e. The van der Waals surface area contributed by atoms with Gasteiger partial charge in [0.05, 0.1) is 21.9 Å². The number of pyridine rings is 1. The van der Waals surface area contributed by atoms with Crippen LogP contribution in [0.3, 0.4) is 0 Å². The third kappa shape index (κ3) is 3.77. The van der Waals surface area contributed by atoms with Gasteiger partial charge in [0.1, 0.15) is 11.1 Å². The van der Waals surface area contributed by atoms with E-state index in [1.807, 2.05) is 12.1 Å². The molecule has 6 nitrogen and oxygen atoms in total. The van der Waals surface area contributed by atoms with E-state index in [9.17, 15) is 10.1 Å². The van der Waals surface area contributed by atoms with Gasteiger partial charge in [-0.15, -0.1) is 10.2 Å². The molecule has 3 rings (SSSR count). The SMILES string of the molecule is CC(=O)c1cc(C#N)c(SCc2nnc(-c3ccccc3Cl)o2)nc1C. The number of carbonyl (C=O) groups excluding carboxylic acids is 1. The number of nitriles is 1. The summed E-state index contributed by atoms with van der Waals surface area (Å²) in [6, 6.07) is 10.8. The fraction of sp³-hybridized carbons (Fsp3) is 0.167. The Morgan fingerprint density at radius 2 is 2.12 bits per heavy atom. The summed E-state index contributed by atoms with van der Waals surface area (Å²) in [5.41, 5.74) is 2.04. The molecular weight excluding hydrogens is 372 g/mol. The van der Waals surface area contributed by atoms with Gasteiger partial charge in [0.25, 0.3) is 0 Å². The molecule has 2 aromatic heterocycles. The van der Waals surface area contributed by atoms with Crippen molar-refractivity contribution in [2.24, 2.45) is 0 Å². The molecule has 0 bridgehead atoms. The van der Waals surface area contributed by atoms with Gasteiger partial charge in [0, 0.05) is 11.3 Å². The highest BCUT2D eigenvalue weighted by Gasteiger charge is 2.15. The van der Waals surface area contributed by atoms with Gasteiger partial charge in [0.2, 0.25) is 11.8 Å². The molecule has 0 aliphatic rings. The zero-order valence-corrected chi connectivity index (χ0v) is 15.6. The summed E-state index contributed by atoms with van der Waals surface area (Å²) < 4.78 is 5.65. The number of Topliss-reactive ketones (excluding diaryl/α,β-unsaturated/α-hetero) is 1. The number of halogens is 1. The Labute approximate surface area is 159 Å². The van der Waals surface area contributed by atoms with Crippen molar-refractivity contribution in [2.75, 3.05) is 0 Å². The van der Waals surface area contributed by atoms with Crippen LogP contribution in [0.5, 0.6) is 0 Å². The minimum Gasteiger partial charge on any atom is -0.420 e. The summed E-state index contributed by atoms with van der Waals surface area (Å²) >= 11 is 7.43. The second-order valence-electron chi connectivity index (χ2n) is 5.41. The van der Waals surface area contributed by atoms with Gasteiger partial charge in [-0.1, -0.05) is 35.5 Å². The van der Waals surface area contributed by atoms with Gasteiger partial charge >= 0.3 is 0 Å². The number of hydrogen-bond donors (Lipinski definition) is 0. The molecule has 0 fully saturated rings. The highest BCUT2D eigenvalue weighted by Crippen LogP contribution is 2.29. The molecule has 1 aromatic carbocycles. The molecule has 130 valence electrons. The first-order valence-corrected chi connectivity index (χ1v) is 8.98. The molecule has 0 aliphatic carbocycles. The molecule has 0 N–H and O–H groups in total. The molecule has 8 heteroatoms. The summed E-state index contributed by atoms with van der Waals surface area (Å²) in [5, 5.41) is 18.4. The molecule has 3 aromatic rings. The Morgan fingerprint density at radius 1 is 1.35 bits per heavy atom. The molecule has 0 amide bonds. The minimum atomic E-state index is -0.121. The number of carbonyl (C=O) groups is 1. The number of aryl methyl sites for hydroxylation is 1. The summed E-state index contributed by atoms with van der Waals surface area (Å²) in [6.07, 6.45) is 0. The molecule has 0 saturated heterocycles. The molecule has 2 heterocycles. The van der Waals surface area contributed by atoms with Crippen LogP contribution in [0.2, 0.25) is 5.02 Å². The number of benzene rings is 1. The first-order valence-electron chi connectivity index (χ1n) is 7.62. The van der Waals surface area contributed by atoms with Gasteiger partial charge < -0.3 is 4.42 Å². The van der Waals surface area contributed by atoms with Crippen LogP contribution in [0.1, 0.15) is 34.4 Å². The third-order valence-corrected chi connectivity index (χ3v) is 4.89. The summed E-state index contributed by atoms with van der Waals surface area (Å²) in [6.45, 7) is 3.19. The molecule has 0 saturated carbocycles. The van der Waals surface area contributed by atoms with Gasteiger partial charge in [-0.05, 0) is 32.0 Å². The fourth-order valence-corrected chi connectivity index (χ4v) is 3.37. The van der Waals surface area contributed by atoms with Crippen molar-refractivity contribution >= 4 is 29.1 Å². The lowest BCUT2D eigenvalue weighted by molar-refractivity contribution is 0.101. The lowest BCUT2D eigenvalue weighted by Gasteiger charge is -2.06. The van der Waals surface area contributed by atoms with Gasteiger partial charge in [-0.2, -0.15) is 5.26 Å². The second-order valence-corrected chi connectivity index (χ2v) is 6.78. The predicted octanol–water partition coefficient (Wildman–Crippen LogP) is 4.46. The van der Waals surface area contributed by atoms with Gasteiger partial charge in [-0.3, -0.25) is 4.79 Å². The normalized spacial score (nSPS) is 10.5. The lowest BCUT2D eigenvalue weighted by atomic mass is 10.1. The zero-order valence-electron chi connectivity index (χ0n) is 14.0. The van der Waals surface area contributed by atoms with Crippen LogP contribution in [-0.4, -0.2) is 21.0 Å². The molecule has 0 aliphatic heterocycles. The highest BCUT2D eigenvalue weighted by molar-refractivity contribution is 7.98. The van der Waals surface area contributed by atoms with Crippen molar-refractivity contribution in [3.05, 3.63) is 58.1 Å². The second kappa shape index (κ2) is 7.68. The van der Waals surface area contributed by atoms with Gasteiger partial charge in [-0.25, -0.2) is 4.98 Å². The van der Waals surface area contributed by atoms with Crippen LogP contribution in [0, 0.1) is 18.3 Å². The monoisotopic (exact) mass is 384 g/mol. The number of thioether (sulfide) groups is 1. The average molecular weight is 385 g/mol. The van der Waals surface area contributed by atoms with Crippen molar-refractivity contribution in [3.8, 4) is 17.5 Å². The van der Waals surface area contributed by atoms with Crippen molar-refractivity contribution in [2.45, 2.75) is 24.6 Å². The zero-order chi connectivity index (χ0) is 18.7. The van der Waals surface area contributed by atoms with E-state index in [0.717, 1.165) is 0 Å². The first-order chi connectivity index (χ1) is 12.5. The minimum absolute atomic E-state index is 0.121. The van der Waals surface area contributed by atoms with Crippen LogP contribution in [-0.2, 0) is 5.75 Å². The fourth-order valence-electron chi connectivity index (χ4n) is 2.32. The third-order valence-electron chi connectivity index (χ3n) is 3.58. The number of rotatable bonds is 5.